The molecule has 28 heavy (non-hydrogen) atoms. The molecule has 0 N–H and O–H groups in total. The van der Waals surface area contributed by atoms with E-state index in [0.29, 0.717) is 17.4 Å². The average molecular weight is 380 g/mol. The van der Waals surface area contributed by atoms with Gasteiger partial charge in [-0.2, -0.15) is 5.10 Å². The van der Waals surface area contributed by atoms with Gasteiger partial charge in [0.15, 0.2) is 0 Å². The Kier molecular flexibility index (Phi) is 5.99. The first-order chi connectivity index (χ1) is 13.6. The molecule has 1 heterocycles. The highest BCUT2D eigenvalue weighted by molar-refractivity contribution is 5.97. The van der Waals surface area contributed by atoms with E-state index in [2.05, 4.69) is 12.0 Å². The van der Waals surface area contributed by atoms with Gasteiger partial charge in [-0.1, -0.05) is 37.6 Å². The highest BCUT2D eigenvalue weighted by Crippen LogP contribution is 2.30. The Morgan fingerprint density at radius 3 is 2.32 bits per heavy atom. The molecule has 0 aliphatic rings. The first kappa shape index (κ1) is 19.5. The monoisotopic (exact) mass is 380 g/mol. The third kappa shape index (κ3) is 3.86. The van der Waals surface area contributed by atoms with Crippen LogP contribution in [0.25, 0.3) is 5.69 Å². The summed E-state index contributed by atoms with van der Waals surface area (Å²) in [5.41, 5.74) is 2.99. The average Bonchev–Trinajstić information content (AvgIpc) is 3.09. The van der Waals surface area contributed by atoms with Crippen LogP contribution >= 0.6 is 0 Å². The van der Waals surface area contributed by atoms with Crippen molar-refractivity contribution in [2.24, 2.45) is 0 Å². The van der Waals surface area contributed by atoms with Gasteiger partial charge in [-0.25, -0.2) is 9.48 Å². The predicted molar refractivity (Wildman–Crippen MR) is 107 cm³/mol. The molecule has 0 amide bonds. The maximum atomic E-state index is 13.0. The van der Waals surface area contributed by atoms with Crippen molar-refractivity contribution in [3.05, 3.63) is 65.4 Å². The number of aromatic nitrogens is 2. The minimum atomic E-state index is -0.563. The second-order valence-electron chi connectivity index (χ2n) is 6.35. The minimum absolute atomic E-state index is 0.238. The zero-order valence-electron chi connectivity index (χ0n) is 16.6. The van der Waals surface area contributed by atoms with Crippen LogP contribution in [0.2, 0.25) is 0 Å². The lowest BCUT2D eigenvalue weighted by Crippen LogP contribution is -2.14. The summed E-state index contributed by atoms with van der Waals surface area (Å²) in [7, 11) is 3.00. The molecule has 3 rings (SSSR count). The van der Waals surface area contributed by atoms with E-state index in [0.717, 1.165) is 29.8 Å². The van der Waals surface area contributed by atoms with Crippen LogP contribution in [0.3, 0.4) is 0 Å². The van der Waals surface area contributed by atoms with Gasteiger partial charge in [0.1, 0.15) is 17.1 Å². The van der Waals surface area contributed by atoms with Gasteiger partial charge in [-0.05, 0) is 37.1 Å². The summed E-state index contributed by atoms with van der Waals surface area (Å²) in [6.07, 6.45) is 1.74. The van der Waals surface area contributed by atoms with E-state index < -0.39 is 5.97 Å². The number of hydrogen-bond acceptors (Lipinski definition) is 5. The van der Waals surface area contributed by atoms with Gasteiger partial charge < -0.3 is 14.2 Å². The number of hydrogen-bond donors (Lipinski definition) is 0. The van der Waals surface area contributed by atoms with Gasteiger partial charge in [0.05, 0.1) is 25.6 Å². The molecule has 2 aromatic carbocycles. The lowest BCUT2D eigenvalue weighted by molar-refractivity contribution is 0.0716. The number of carbonyl (C=O) groups excluding carboxylic acids is 1. The van der Waals surface area contributed by atoms with Gasteiger partial charge in [-0.3, -0.25) is 0 Å². The van der Waals surface area contributed by atoms with Gasteiger partial charge in [-0.15, -0.1) is 0 Å². The number of nitrogens with zero attached hydrogens (tertiary/aromatic N) is 2. The fraction of sp³-hybridized carbons (Fsp3) is 0.273. The fourth-order valence-electron chi connectivity index (χ4n) is 3.03. The quantitative estimate of drug-likeness (QED) is 0.570. The smallest absolute Gasteiger partial charge is 0.352 e. The Morgan fingerprint density at radius 1 is 1.04 bits per heavy atom. The third-order valence-electron chi connectivity index (χ3n) is 4.41. The lowest BCUT2D eigenvalue weighted by atomic mass is 10.2. The van der Waals surface area contributed by atoms with Crippen LogP contribution < -0.4 is 14.2 Å². The predicted octanol–water partition coefficient (Wildman–Crippen LogP) is 4.37. The van der Waals surface area contributed by atoms with Crippen molar-refractivity contribution in [2.75, 3.05) is 14.2 Å². The van der Waals surface area contributed by atoms with Crippen molar-refractivity contribution < 1.29 is 19.0 Å². The first-order valence-electron chi connectivity index (χ1n) is 9.17. The van der Waals surface area contributed by atoms with Crippen LogP contribution in [0.15, 0.2) is 48.5 Å². The zero-order chi connectivity index (χ0) is 20.1. The van der Waals surface area contributed by atoms with Crippen LogP contribution in [-0.2, 0) is 6.42 Å². The van der Waals surface area contributed by atoms with Crippen molar-refractivity contribution in [2.45, 2.75) is 26.7 Å². The molecule has 0 unspecified atom stereocenters. The molecule has 0 fully saturated rings. The second kappa shape index (κ2) is 8.61. The van der Waals surface area contributed by atoms with E-state index in [1.165, 1.54) is 14.2 Å². The molecule has 0 spiro atoms. The molecule has 6 nitrogen and oxygen atoms in total. The maximum absolute atomic E-state index is 13.0. The standard InChI is InChI=1S/C22H24N2O4/c1-5-9-16-14-20(24(23-16)17-11-7-6-10-15(17)2)28-22(25)21-18(26-3)12-8-13-19(21)27-4/h6-8,10-14H,5,9H2,1-4H3. The lowest BCUT2D eigenvalue weighted by Gasteiger charge is -2.13. The molecule has 146 valence electrons. The van der Waals surface area contributed by atoms with E-state index in [4.69, 9.17) is 14.2 Å². The van der Waals surface area contributed by atoms with Crippen molar-refractivity contribution in [3.63, 3.8) is 0 Å². The SMILES string of the molecule is CCCc1cc(OC(=O)c2c(OC)cccc2OC)n(-c2ccccc2C)n1. The Bertz CT molecular complexity index is 956. The number of benzene rings is 2. The highest BCUT2D eigenvalue weighted by atomic mass is 16.5. The molecule has 0 atom stereocenters. The molecule has 0 saturated heterocycles. The van der Waals surface area contributed by atoms with Crippen molar-refractivity contribution in [3.8, 4) is 23.1 Å². The van der Waals surface area contributed by atoms with Crippen LogP contribution in [0.1, 0.15) is 35.0 Å². The molecule has 0 aliphatic heterocycles. The number of ether oxygens (including phenoxy) is 3. The van der Waals surface area contributed by atoms with Crippen LogP contribution in [0.4, 0.5) is 0 Å². The minimum Gasteiger partial charge on any atom is -0.496 e. The van der Waals surface area contributed by atoms with E-state index in [-0.39, 0.29) is 5.56 Å². The summed E-state index contributed by atoms with van der Waals surface area (Å²) in [5.74, 6) is 0.572. The Labute approximate surface area is 164 Å². The fourth-order valence-corrected chi connectivity index (χ4v) is 3.03. The van der Waals surface area contributed by atoms with Crippen molar-refractivity contribution in [1.29, 1.82) is 0 Å². The third-order valence-corrected chi connectivity index (χ3v) is 4.41. The summed E-state index contributed by atoms with van der Waals surface area (Å²) in [4.78, 5) is 13.0. The number of para-hydroxylation sites is 1. The Balaban J connectivity index is 2.03. The largest absolute Gasteiger partial charge is 0.496 e. The van der Waals surface area contributed by atoms with Gasteiger partial charge in [0, 0.05) is 6.07 Å². The van der Waals surface area contributed by atoms with Gasteiger partial charge >= 0.3 is 5.97 Å². The molecule has 1 aromatic heterocycles. The van der Waals surface area contributed by atoms with Crippen molar-refractivity contribution in [1.82, 2.24) is 9.78 Å². The summed E-state index contributed by atoms with van der Waals surface area (Å²) < 4.78 is 18.1. The number of aryl methyl sites for hydroxylation is 2. The summed E-state index contributed by atoms with van der Waals surface area (Å²) in [6, 6.07) is 14.8. The summed E-state index contributed by atoms with van der Waals surface area (Å²) in [6.45, 7) is 4.07. The Hall–Kier alpha value is -3.28. The first-order valence-corrected chi connectivity index (χ1v) is 9.17. The maximum Gasteiger partial charge on any atom is 0.352 e. The van der Waals surface area contributed by atoms with Gasteiger partial charge in [0.2, 0.25) is 5.88 Å². The molecular formula is C22H24N2O4. The topological polar surface area (TPSA) is 62.6 Å². The Morgan fingerprint density at radius 2 is 1.71 bits per heavy atom. The van der Waals surface area contributed by atoms with Crippen LogP contribution in [0.5, 0.6) is 17.4 Å². The zero-order valence-corrected chi connectivity index (χ0v) is 16.6. The number of rotatable bonds is 7. The molecule has 0 saturated carbocycles. The number of methoxy groups -OCH3 is 2. The van der Waals surface area contributed by atoms with E-state index in [1.807, 2.05) is 31.2 Å². The number of carbonyl (C=O) groups is 1. The molecular weight excluding hydrogens is 356 g/mol. The normalized spacial score (nSPS) is 10.6. The second-order valence-corrected chi connectivity index (χ2v) is 6.35. The number of esters is 1. The molecule has 3 aromatic rings. The molecule has 0 bridgehead atoms. The molecule has 6 heteroatoms. The van der Waals surface area contributed by atoms with Crippen LogP contribution in [0, 0.1) is 6.92 Å². The van der Waals surface area contributed by atoms with Gasteiger partial charge in [0.25, 0.3) is 0 Å². The summed E-state index contributed by atoms with van der Waals surface area (Å²) >= 11 is 0. The van der Waals surface area contributed by atoms with E-state index in [9.17, 15) is 4.79 Å². The van der Waals surface area contributed by atoms with E-state index >= 15 is 0 Å². The van der Waals surface area contributed by atoms with E-state index in [1.54, 1.807) is 28.9 Å². The molecule has 0 radical (unpaired) electrons. The highest BCUT2D eigenvalue weighted by Gasteiger charge is 2.23. The summed E-state index contributed by atoms with van der Waals surface area (Å²) in [5, 5.41) is 4.64. The molecule has 0 aliphatic carbocycles. The van der Waals surface area contributed by atoms with Crippen molar-refractivity contribution >= 4 is 5.97 Å². The van der Waals surface area contributed by atoms with Crippen LogP contribution in [-0.4, -0.2) is 30.0 Å².